The molecule has 3 rings (SSSR count). The third-order valence-corrected chi connectivity index (χ3v) is 5.40. The monoisotopic (exact) mass is 463 g/mol. The number of hydrogen-bond donors (Lipinski definition) is 3. The smallest absolute Gasteiger partial charge is 0.412 e. The number of para-hydroxylation sites is 1. The van der Waals surface area contributed by atoms with Crippen molar-refractivity contribution in [2.24, 2.45) is 5.92 Å². The predicted octanol–water partition coefficient (Wildman–Crippen LogP) is 5.56. The number of carboxylic acids is 1. The molecule has 2 atom stereocenters. The fraction of sp³-hybridized carbons (Fsp3) is 0.259. The van der Waals surface area contributed by atoms with Crippen molar-refractivity contribution in [3.8, 4) is 5.75 Å². The Morgan fingerprint density at radius 2 is 1.76 bits per heavy atom. The third-order valence-electron chi connectivity index (χ3n) is 5.40. The third kappa shape index (κ3) is 6.83. The van der Waals surface area contributed by atoms with E-state index in [4.69, 9.17) is 14.6 Å². The van der Waals surface area contributed by atoms with E-state index in [1.807, 2.05) is 67.6 Å². The van der Waals surface area contributed by atoms with Crippen LogP contribution in [0.3, 0.4) is 0 Å². The molecule has 0 bridgehead atoms. The van der Waals surface area contributed by atoms with Gasteiger partial charge in [0.1, 0.15) is 18.5 Å². The summed E-state index contributed by atoms with van der Waals surface area (Å²) in [6.45, 7) is 1.91. The van der Waals surface area contributed by atoms with Crippen molar-refractivity contribution in [1.82, 2.24) is 0 Å². The molecule has 0 aromatic heterocycles. The Labute approximate surface area is 198 Å². The molecule has 0 aliphatic rings. The summed E-state index contributed by atoms with van der Waals surface area (Å²) in [6, 6.07) is 20.6. The van der Waals surface area contributed by atoms with E-state index in [9.17, 15) is 14.7 Å². The van der Waals surface area contributed by atoms with Gasteiger partial charge in [-0.05, 0) is 36.3 Å². The molecule has 7 heteroatoms. The zero-order valence-corrected chi connectivity index (χ0v) is 19.0. The number of carbonyl (C=O) groups excluding carboxylic acids is 1. The molecule has 7 nitrogen and oxygen atoms in total. The number of ether oxygens (including phenoxy) is 2. The first-order chi connectivity index (χ1) is 16.5. The van der Waals surface area contributed by atoms with Crippen molar-refractivity contribution in [2.45, 2.75) is 25.9 Å². The van der Waals surface area contributed by atoms with Gasteiger partial charge in [-0.25, -0.2) is 9.59 Å². The maximum atomic E-state index is 13.0. The van der Waals surface area contributed by atoms with Crippen LogP contribution in [0.2, 0.25) is 0 Å². The quantitative estimate of drug-likeness (QED) is 0.322. The maximum absolute atomic E-state index is 13.0. The van der Waals surface area contributed by atoms with Gasteiger partial charge in [-0.1, -0.05) is 67.6 Å². The highest BCUT2D eigenvalue weighted by molar-refractivity contribution is 6.00. The summed E-state index contributed by atoms with van der Waals surface area (Å²) >= 11 is 0. The first-order valence-corrected chi connectivity index (χ1v) is 11.2. The molecule has 0 fully saturated rings. The number of benzene rings is 3. The van der Waals surface area contributed by atoms with Crippen molar-refractivity contribution in [3.63, 3.8) is 0 Å². The summed E-state index contributed by atoms with van der Waals surface area (Å²) < 4.78 is 11.6. The van der Waals surface area contributed by atoms with Crippen molar-refractivity contribution in [1.29, 1.82) is 0 Å². The van der Waals surface area contributed by atoms with Crippen LogP contribution in [0.25, 0.3) is 10.8 Å². The van der Waals surface area contributed by atoms with Gasteiger partial charge in [-0.2, -0.15) is 0 Å². The Bertz CT molecular complexity index is 1140. The van der Waals surface area contributed by atoms with Gasteiger partial charge in [0, 0.05) is 17.0 Å². The molecule has 0 spiro atoms. The Balaban J connectivity index is 1.83. The average Bonchev–Trinajstić information content (AvgIpc) is 2.84. The number of allylic oxidation sites excluding steroid dienone is 1. The van der Waals surface area contributed by atoms with Crippen LogP contribution < -0.4 is 10.1 Å². The van der Waals surface area contributed by atoms with Gasteiger partial charge in [0.2, 0.25) is 0 Å². The van der Waals surface area contributed by atoms with Gasteiger partial charge >= 0.3 is 12.1 Å². The Morgan fingerprint density at radius 1 is 1.03 bits per heavy atom. The largest absolute Gasteiger partial charge is 0.491 e. The SMILES string of the molecule is C[C@H](CC/C=C/C(=O)O)[C@@H](OC(=O)Nc1cccc2ccccc12)c1ccccc1OCCO. The van der Waals surface area contributed by atoms with E-state index in [-0.39, 0.29) is 19.1 Å². The number of nitrogens with one attached hydrogen (secondary N) is 1. The first-order valence-electron chi connectivity index (χ1n) is 11.2. The number of hydrogen-bond acceptors (Lipinski definition) is 5. The van der Waals surface area contributed by atoms with E-state index >= 15 is 0 Å². The second kappa shape index (κ2) is 12.4. The number of fused-ring (bicyclic) bond motifs is 1. The standard InChI is InChI=1S/C27H29NO6/c1-19(9-2-7-16-25(30)31)26(22-13-5-6-15-24(22)33-18-17-29)34-27(32)28-23-14-8-11-20-10-3-4-12-21(20)23/h3-8,10-16,19,26,29H,2,9,17-18H2,1H3,(H,28,32)(H,30,31)/b16-7+/t19-,26-/m1/s1. The van der Waals surface area contributed by atoms with Gasteiger partial charge in [-0.15, -0.1) is 0 Å². The topological polar surface area (TPSA) is 105 Å². The lowest BCUT2D eigenvalue weighted by Crippen LogP contribution is -2.23. The minimum atomic E-state index is -1.00. The van der Waals surface area contributed by atoms with Crippen molar-refractivity contribution in [3.05, 3.63) is 84.4 Å². The summed E-state index contributed by atoms with van der Waals surface area (Å²) in [5.41, 5.74) is 1.32. The summed E-state index contributed by atoms with van der Waals surface area (Å²) in [5.74, 6) is -0.624. The van der Waals surface area contributed by atoms with Gasteiger partial charge < -0.3 is 19.7 Å². The zero-order chi connectivity index (χ0) is 24.3. The Hall–Kier alpha value is -3.84. The van der Waals surface area contributed by atoms with Crippen LogP contribution in [-0.4, -0.2) is 35.5 Å². The second-order valence-corrected chi connectivity index (χ2v) is 7.88. The molecule has 0 saturated carbocycles. The average molecular weight is 464 g/mol. The van der Waals surface area contributed by atoms with E-state index < -0.39 is 18.2 Å². The number of aliphatic hydroxyl groups is 1. The fourth-order valence-electron chi connectivity index (χ4n) is 3.77. The minimum absolute atomic E-state index is 0.113. The van der Waals surface area contributed by atoms with Crippen LogP contribution >= 0.6 is 0 Å². The van der Waals surface area contributed by atoms with Gasteiger partial charge in [0.05, 0.1) is 12.3 Å². The highest BCUT2D eigenvalue weighted by Gasteiger charge is 2.26. The predicted molar refractivity (Wildman–Crippen MR) is 131 cm³/mol. The zero-order valence-electron chi connectivity index (χ0n) is 19.0. The normalized spacial score (nSPS) is 12.9. The number of anilines is 1. The maximum Gasteiger partial charge on any atom is 0.412 e. The van der Waals surface area contributed by atoms with Crippen LogP contribution in [0.5, 0.6) is 5.75 Å². The minimum Gasteiger partial charge on any atom is -0.491 e. The van der Waals surface area contributed by atoms with Crippen LogP contribution in [0.4, 0.5) is 10.5 Å². The van der Waals surface area contributed by atoms with Crippen molar-refractivity contribution in [2.75, 3.05) is 18.5 Å². The van der Waals surface area contributed by atoms with Crippen molar-refractivity contribution >= 4 is 28.5 Å². The van der Waals surface area contributed by atoms with Crippen LogP contribution in [0, 0.1) is 5.92 Å². The Morgan fingerprint density at radius 3 is 2.56 bits per heavy atom. The number of rotatable bonds is 11. The van der Waals surface area contributed by atoms with E-state index in [0.717, 1.165) is 16.8 Å². The molecule has 0 heterocycles. The molecule has 0 aliphatic heterocycles. The molecule has 178 valence electrons. The lowest BCUT2D eigenvalue weighted by molar-refractivity contribution is -0.131. The Kier molecular flexibility index (Phi) is 9.05. The summed E-state index contributed by atoms with van der Waals surface area (Å²) in [7, 11) is 0. The number of amides is 1. The second-order valence-electron chi connectivity index (χ2n) is 7.88. The van der Waals surface area contributed by atoms with E-state index in [1.165, 1.54) is 0 Å². The molecule has 0 saturated heterocycles. The molecular formula is C27H29NO6. The van der Waals surface area contributed by atoms with Crippen LogP contribution in [0.15, 0.2) is 78.9 Å². The lowest BCUT2D eigenvalue weighted by atomic mass is 9.92. The van der Waals surface area contributed by atoms with Gasteiger partial charge in [0.15, 0.2) is 0 Å². The molecule has 1 amide bonds. The number of aliphatic carboxylic acids is 1. The first kappa shape index (κ1) is 24.8. The van der Waals surface area contributed by atoms with E-state index in [1.54, 1.807) is 12.1 Å². The molecule has 3 aromatic rings. The number of aliphatic hydroxyl groups excluding tert-OH is 1. The fourth-order valence-corrected chi connectivity index (χ4v) is 3.77. The molecule has 3 N–H and O–H groups in total. The highest BCUT2D eigenvalue weighted by Crippen LogP contribution is 2.36. The highest BCUT2D eigenvalue weighted by atomic mass is 16.6. The van der Waals surface area contributed by atoms with Crippen LogP contribution in [-0.2, 0) is 9.53 Å². The summed E-state index contributed by atoms with van der Waals surface area (Å²) in [5, 5.41) is 22.7. The molecule has 0 aliphatic carbocycles. The van der Waals surface area contributed by atoms with Gasteiger partial charge in [0.25, 0.3) is 0 Å². The summed E-state index contributed by atoms with van der Waals surface area (Å²) in [4.78, 5) is 23.7. The molecular weight excluding hydrogens is 434 g/mol. The summed E-state index contributed by atoms with van der Waals surface area (Å²) in [6.07, 6.45) is 2.53. The molecule has 3 aromatic carbocycles. The number of carboxylic acid groups (broad SMARTS) is 1. The van der Waals surface area contributed by atoms with Crippen LogP contribution in [0.1, 0.15) is 31.4 Å². The van der Waals surface area contributed by atoms with E-state index in [0.29, 0.717) is 29.8 Å². The molecule has 0 radical (unpaired) electrons. The van der Waals surface area contributed by atoms with Crippen molar-refractivity contribution < 1.29 is 29.3 Å². The van der Waals surface area contributed by atoms with Gasteiger partial charge in [-0.3, -0.25) is 5.32 Å². The lowest BCUT2D eigenvalue weighted by Gasteiger charge is -2.26. The molecule has 34 heavy (non-hydrogen) atoms. The molecule has 0 unspecified atom stereocenters. The number of carbonyl (C=O) groups is 2. The van der Waals surface area contributed by atoms with E-state index in [2.05, 4.69) is 5.32 Å².